The molecule has 1 amide bonds. The van der Waals surface area contributed by atoms with Gasteiger partial charge in [-0.3, -0.25) is 9.59 Å². The minimum absolute atomic E-state index is 0.151. The van der Waals surface area contributed by atoms with Crippen molar-refractivity contribution in [3.8, 4) is 0 Å². The van der Waals surface area contributed by atoms with Crippen LogP contribution in [0.4, 0.5) is 4.39 Å². The van der Waals surface area contributed by atoms with E-state index in [-0.39, 0.29) is 22.0 Å². The number of benzene rings is 1. The number of hydrogen-bond acceptors (Lipinski definition) is 2. The van der Waals surface area contributed by atoms with Gasteiger partial charge in [0.15, 0.2) is 0 Å². The predicted octanol–water partition coefficient (Wildman–Crippen LogP) is 2.91. The number of rotatable bonds is 2. The highest BCUT2D eigenvalue weighted by Crippen LogP contribution is 2.27. The van der Waals surface area contributed by atoms with Crippen molar-refractivity contribution in [1.82, 2.24) is 4.90 Å². The molecule has 1 aliphatic rings. The van der Waals surface area contributed by atoms with Crippen molar-refractivity contribution in [2.45, 2.75) is 25.8 Å². The third-order valence-corrected chi connectivity index (χ3v) is 4.47. The van der Waals surface area contributed by atoms with Gasteiger partial charge in [-0.1, -0.05) is 6.07 Å². The van der Waals surface area contributed by atoms with Crippen molar-refractivity contribution < 1.29 is 19.1 Å². The lowest BCUT2D eigenvalue weighted by Gasteiger charge is -2.36. The van der Waals surface area contributed by atoms with Gasteiger partial charge < -0.3 is 10.0 Å². The number of hydrogen-bond donors (Lipinski definition) is 1. The molecule has 0 radical (unpaired) electrons. The van der Waals surface area contributed by atoms with Crippen molar-refractivity contribution in [3.63, 3.8) is 0 Å². The Balaban J connectivity index is 2.18. The van der Waals surface area contributed by atoms with Gasteiger partial charge in [0.2, 0.25) is 0 Å². The molecule has 1 N–H and O–H groups in total. The maximum absolute atomic E-state index is 13.5. The summed E-state index contributed by atoms with van der Waals surface area (Å²) < 4.78 is 13.6. The molecule has 0 bridgehead atoms. The number of piperidine rings is 1. The second-order valence-corrected chi connectivity index (χ2v) is 5.80. The van der Waals surface area contributed by atoms with Crippen LogP contribution in [0.25, 0.3) is 0 Å². The molecular weight excluding hydrogens is 329 g/mol. The van der Waals surface area contributed by atoms with Crippen molar-refractivity contribution in [2.75, 3.05) is 6.54 Å². The molecule has 1 fully saturated rings. The Kier molecular flexibility index (Phi) is 4.42. The monoisotopic (exact) mass is 343 g/mol. The Labute approximate surface area is 124 Å². The lowest BCUT2D eigenvalue weighted by molar-refractivity contribution is -0.143. The quantitative estimate of drug-likeness (QED) is 0.898. The summed E-state index contributed by atoms with van der Waals surface area (Å²) in [6, 6.07) is 4.15. The van der Waals surface area contributed by atoms with Crippen LogP contribution in [-0.2, 0) is 4.79 Å². The molecule has 6 heteroatoms. The van der Waals surface area contributed by atoms with Crippen LogP contribution in [0.3, 0.4) is 0 Å². The Hall–Kier alpha value is -1.43. The molecule has 0 saturated carbocycles. The van der Waals surface area contributed by atoms with E-state index < -0.39 is 17.7 Å². The van der Waals surface area contributed by atoms with Gasteiger partial charge in [-0.15, -0.1) is 0 Å². The molecule has 2 atom stereocenters. The van der Waals surface area contributed by atoms with Gasteiger partial charge in [0, 0.05) is 12.6 Å². The topological polar surface area (TPSA) is 57.6 Å². The molecule has 20 heavy (non-hydrogen) atoms. The number of carbonyl (C=O) groups excluding carboxylic acids is 1. The first kappa shape index (κ1) is 15.0. The maximum Gasteiger partial charge on any atom is 0.306 e. The van der Waals surface area contributed by atoms with Crippen molar-refractivity contribution in [1.29, 1.82) is 0 Å². The Morgan fingerprint density at radius 3 is 2.75 bits per heavy atom. The summed E-state index contributed by atoms with van der Waals surface area (Å²) in [5, 5.41) is 9.02. The standard InChI is InChI=1S/C14H15BrFNO3/c1-8-7-9(14(19)20)5-6-17(8)13(18)10-3-2-4-11(16)12(10)15/h2-4,8-9H,5-7H2,1H3,(H,19,20). The van der Waals surface area contributed by atoms with E-state index in [0.29, 0.717) is 19.4 Å². The van der Waals surface area contributed by atoms with Crippen LogP contribution >= 0.6 is 15.9 Å². The fourth-order valence-electron chi connectivity index (χ4n) is 2.52. The number of carboxylic acid groups (broad SMARTS) is 1. The summed E-state index contributed by atoms with van der Waals surface area (Å²) in [6.45, 7) is 2.19. The van der Waals surface area contributed by atoms with E-state index in [9.17, 15) is 14.0 Å². The molecule has 0 aliphatic carbocycles. The lowest BCUT2D eigenvalue weighted by Crippen LogP contribution is -2.46. The molecular formula is C14H15BrFNO3. The summed E-state index contributed by atoms with van der Waals surface area (Å²) >= 11 is 3.09. The van der Waals surface area contributed by atoms with Gasteiger partial charge in [-0.25, -0.2) is 4.39 Å². The van der Waals surface area contributed by atoms with Gasteiger partial charge in [0.1, 0.15) is 5.82 Å². The maximum atomic E-state index is 13.5. The first-order valence-electron chi connectivity index (χ1n) is 6.39. The minimum Gasteiger partial charge on any atom is -0.481 e. The molecule has 2 unspecified atom stereocenters. The lowest BCUT2D eigenvalue weighted by atomic mass is 9.91. The van der Waals surface area contributed by atoms with E-state index in [2.05, 4.69) is 15.9 Å². The zero-order valence-corrected chi connectivity index (χ0v) is 12.6. The van der Waals surface area contributed by atoms with Crippen LogP contribution in [0.1, 0.15) is 30.1 Å². The number of carbonyl (C=O) groups is 2. The van der Waals surface area contributed by atoms with Gasteiger partial charge in [0.05, 0.1) is 16.0 Å². The average Bonchev–Trinajstić information content (AvgIpc) is 2.41. The largest absolute Gasteiger partial charge is 0.481 e. The first-order valence-corrected chi connectivity index (χ1v) is 7.19. The Morgan fingerprint density at radius 1 is 1.45 bits per heavy atom. The highest BCUT2D eigenvalue weighted by molar-refractivity contribution is 9.10. The summed E-state index contributed by atoms with van der Waals surface area (Å²) in [6.07, 6.45) is 0.854. The third kappa shape index (κ3) is 2.85. The second kappa shape index (κ2) is 5.91. The highest BCUT2D eigenvalue weighted by Gasteiger charge is 2.33. The highest BCUT2D eigenvalue weighted by atomic mass is 79.9. The van der Waals surface area contributed by atoms with Crippen molar-refractivity contribution in [2.24, 2.45) is 5.92 Å². The van der Waals surface area contributed by atoms with E-state index in [1.54, 1.807) is 11.0 Å². The average molecular weight is 344 g/mol. The number of halogens is 2. The van der Waals surface area contributed by atoms with E-state index in [1.807, 2.05) is 6.92 Å². The fourth-order valence-corrected chi connectivity index (χ4v) is 2.96. The van der Waals surface area contributed by atoms with Gasteiger partial charge in [-0.05, 0) is 47.8 Å². The van der Waals surface area contributed by atoms with Crippen molar-refractivity contribution in [3.05, 3.63) is 34.1 Å². The smallest absolute Gasteiger partial charge is 0.306 e. The number of likely N-dealkylation sites (tertiary alicyclic amines) is 1. The van der Waals surface area contributed by atoms with Gasteiger partial charge in [0.25, 0.3) is 5.91 Å². The molecule has 4 nitrogen and oxygen atoms in total. The molecule has 1 aromatic rings. The van der Waals surface area contributed by atoms with Crippen LogP contribution in [0.15, 0.2) is 22.7 Å². The van der Waals surface area contributed by atoms with E-state index in [1.165, 1.54) is 12.1 Å². The minimum atomic E-state index is -0.823. The van der Waals surface area contributed by atoms with Crippen LogP contribution in [-0.4, -0.2) is 34.5 Å². The van der Waals surface area contributed by atoms with Crippen LogP contribution < -0.4 is 0 Å². The summed E-state index contributed by atoms with van der Waals surface area (Å²) in [7, 11) is 0. The van der Waals surface area contributed by atoms with Gasteiger partial charge >= 0.3 is 5.97 Å². The van der Waals surface area contributed by atoms with Crippen molar-refractivity contribution >= 4 is 27.8 Å². The molecule has 1 saturated heterocycles. The molecule has 0 spiro atoms. The Morgan fingerprint density at radius 2 is 2.15 bits per heavy atom. The van der Waals surface area contributed by atoms with E-state index in [4.69, 9.17) is 5.11 Å². The van der Waals surface area contributed by atoms with Crippen LogP contribution in [0.2, 0.25) is 0 Å². The molecule has 108 valence electrons. The SMILES string of the molecule is CC1CC(C(=O)O)CCN1C(=O)c1cccc(F)c1Br. The molecule has 1 aliphatic heterocycles. The van der Waals surface area contributed by atoms with Gasteiger partial charge in [-0.2, -0.15) is 0 Å². The summed E-state index contributed by atoms with van der Waals surface area (Å²) in [4.78, 5) is 25.0. The molecule has 2 rings (SSSR count). The third-order valence-electron chi connectivity index (χ3n) is 3.67. The Bertz CT molecular complexity index is 549. The molecule has 1 aromatic carbocycles. The summed E-state index contributed by atoms with van der Waals surface area (Å²) in [5.74, 6) is -1.99. The predicted molar refractivity (Wildman–Crippen MR) is 75.0 cm³/mol. The van der Waals surface area contributed by atoms with E-state index >= 15 is 0 Å². The number of nitrogens with zero attached hydrogens (tertiary/aromatic N) is 1. The number of amides is 1. The molecule has 1 heterocycles. The number of aliphatic carboxylic acids is 1. The first-order chi connectivity index (χ1) is 9.41. The second-order valence-electron chi connectivity index (χ2n) is 5.01. The van der Waals surface area contributed by atoms with Crippen LogP contribution in [0, 0.1) is 11.7 Å². The van der Waals surface area contributed by atoms with E-state index in [0.717, 1.165) is 0 Å². The zero-order chi connectivity index (χ0) is 14.9. The fraction of sp³-hybridized carbons (Fsp3) is 0.429. The normalized spacial score (nSPS) is 22.6. The number of carboxylic acids is 1. The molecule has 0 aromatic heterocycles. The summed E-state index contributed by atoms with van der Waals surface area (Å²) in [5.41, 5.74) is 0.269. The van der Waals surface area contributed by atoms with Crippen LogP contribution in [0.5, 0.6) is 0 Å². The zero-order valence-electron chi connectivity index (χ0n) is 11.0.